The standard InChI is InChI=1S/C16H22ClNO4/c1-16(2)10-22-13(7-15(19)20)9-18(16)8-11-4-5-12(21-3)6-14(11)17/h4-6,13H,7-10H2,1-3H3,(H,19,20). The first-order chi connectivity index (χ1) is 10.3. The summed E-state index contributed by atoms with van der Waals surface area (Å²) in [5, 5.41) is 9.59. The van der Waals surface area contributed by atoms with Gasteiger partial charge in [0, 0.05) is 23.7 Å². The van der Waals surface area contributed by atoms with Crippen molar-refractivity contribution in [1.29, 1.82) is 0 Å². The molecule has 1 atom stereocenters. The fourth-order valence-corrected chi connectivity index (χ4v) is 2.77. The second-order valence-corrected chi connectivity index (χ2v) is 6.59. The molecular weight excluding hydrogens is 306 g/mol. The van der Waals surface area contributed by atoms with Crippen LogP contribution in [0.15, 0.2) is 18.2 Å². The number of carboxylic acids is 1. The molecule has 0 spiro atoms. The van der Waals surface area contributed by atoms with E-state index in [0.29, 0.717) is 24.7 Å². The summed E-state index contributed by atoms with van der Waals surface area (Å²) >= 11 is 6.31. The van der Waals surface area contributed by atoms with Crippen molar-refractivity contribution >= 4 is 17.6 Å². The third-order valence-electron chi connectivity index (χ3n) is 3.98. The fraction of sp³-hybridized carbons (Fsp3) is 0.562. The smallest absolute Gasteiger partial charge is 0.306 e. The zero-order valence-corrected chi connectivity index (χ0v) is 13.9. The summed E-state index contributed by atoms with van der Waals surface area (Å²) < 4.78 is 10.8. The van der Waals surface area contributed by atoms with Crippen LogP contribution in [0, 0.1) is 0 Å². The Morgan fingerprint density at radius 3 is 2.86 bits per heavy atom. The molecular formula is C16H22ClNO4. The summed E-state index contributed by atoms with van der Waals surface area (Å²) in [7, 11) is 1.60. The summed E-state index contributed by atoms with van der Waals surface area (Å²) in [4.78, 5) is 13.1. The third-order valence-corrected chi connectivity index (χ3v) is 4.33. The average Bonchev–Trinajstić information content (AvgIpc) is 2.44. The van der Waals surface area contributed by atoms with Gasteiger partial charge in [0.15, 0.2) is 0 Å². The molecule has 0 saturated carbocycles. The molecule has 1 aliphatic heterocycles. The SMILES string of the molecule is COc1ccc(CN2CC(CC(=O)O)OCC2(C)C)c(Cl)c1. The Hall–Kier alpha value is -1.30. The molecule has 0 radical (unpaired) electrons. The molecule has 1 aromatic carbocycles. The Bertz CT molecular complexity index is 547. The van der Waals surface area contributed by atoms with Crippen LogP contribution < -0.4 is 4.74 Å². The zero-order chi connectivity index (χ0) is 16.3. The summed E-state index contributed by atoms with van der Waals surface area (Å²) in [6.07, 6.45) is -0.273. The van der Waals surface area contributed by atoms with E-state index in [1.54, 1.807) is 13.2 Å². The number of nitrogens with zero attached hydrogens (tertiary/aromatic N) is 1. The first-order valence-corrected chi connectivity index (χ1v) is 7.60. The van der Waals surface area contributed by atoms with Crippen molar-refractivity contribution in [3.05, 3.63) is 28.8 Å². The van der Waals surface area contributed by atoms with Gasteiger partial charge >= 0.3 is 5.97 Å². The Labute approximate surface area is 135 Å². The lowest BCUT2D eigenvalue weighted by Crippen LogP contribution is -2.55. The molecule has 1 N–H and O–H groups in total. The molecule has 0 bridgehead atoms. The maximum atomic E-state index is 10.9. The van der Waals surface area contributed by atoms with Crippen LogP contribution >= 0.6 is 11.6 Å². The minimum Gasteiger partial charge on any atom is -0.497 e. The molecule has 1 aromatic rings. The highest BCUT2D eigenvalue weighted by Gasteiger charge is 2.35. The largest absolute Gasteiger partial charge is 0.497 e. The van der Waals surface area contributed by atoms with Crippen LogP contribution in [-0.2, 0) is 16.1 Å². The summed E-state index contributed by atoms with van der Waals surface area (Å²) in [6.45, 7) is 5.89. The van der Waals surface area contributed by atoms with Gasteiger partial charge in [-0.05, 0) is 31.5 Å². The van der Waals surface area contributed by atoms with Crippen molar-refractivity contribution in [2.45, 2.75) is 38.5 Å². The predicted octanol–water partition coefficient (Wildman–Crippen LogP) is 2.80. The molecule has 2 rings (SSSR count). The highest BCUT2D eigenvalue weighted by atomic mass is 35.5. The number of rotatable bonds is 5. The van der Waals surface area contributed by atoms with Gasteiger partial charge in [0.1, 0.15) is 5.75 Å². The van der Waals surface area contributed by atoms with Gasteiger partial charge < -0.3 is 14.6 Å². The van der Waals surface area contributed by atoms with Crippen LogP contribution in [0.5, 0.6) is 5.75 Å². The van der Waals surface area contributed by atoms with E-state index in [-0.39, 0.29) is 18.1 Å². The molecule has 1 unspecified atom stereocenters. The number of methoxy groups -OCH3 is 1. The fourth-order valence-electron chi connectivity index (χ4n) is 2.54. The van der Waals surface area contributed by atoms with Gasteiger partial charge in [0.05, 0.1) is 26.2 Å². The van der Waals surface area contributed by atoms with Crippen LogP contribution in [0.2, 0.25) is 5.02 Å². The molecule has 22 heavy (non-hydrogen) atoms. The molecule has 122 valence electrons. The molecule has 5 nitrogen and oxygen atoms in total. The molecule has 0 aliphatic carbocycles. The Morgan fingerprint density at radius 1 is 1.55 bits per heavy atom. The summed E-state index contributed by atoms with van der Waals surface area (Å²) in [5.41, 5.74) is 0.824. The number of hydrogen-bond acceptors (Lipinski definition) is 4. The number of ether oxygens (including phenoxy) is 2. The predicted molar refractivity (Wildman–Crippen MR) is 84.5 cm³/mol. The number of morpholine rings is 1. The van der Waals surface area contributed by atoms with Crippen LogP contribution in [0.4, 0.5) is 0 Å². The molecule has 1 aliphatic rings. The quantitative estimate of drug-likeness (QED) is 0.901. The first-order valence-electron chi connectivity index (χ1n) is 7.22. The van der Waals surface area contributed by atoms with Gasteiger partial charge in [-0.25, -0.2) is 0 Å². The number of carboxylic acid groups (broad SMARTS) is 1. The van der Waals surface area contributed by atoms with E-state index >= 15 is 0 Å². The van der Waals surface area contributed by atoms with E-state index in [1.807, 2.05) is 12.1 Å². The summed E-state index contributed by atoms with van der Waals surface area (Å²) in [5.74, 6) is -0.120. The monoisotopic (exact) mass is 327 g/mol. The second-order valence-electron chi connectivity index (χ2n) is 6.18. The van der Waals surface area contributed by atoms with Crippen LogP contribution in [0.1, 0.15) is 25.8 Å². The number of carbonyl (C=O) groups is 1. The number of halogens is 1. The van der Waals surface area contributed by atoms with E-state index in [2.05, 4.69) is 18.7 Å². The van der Waals surface area contributed by atoms with E-state index in [1.165, 1.54) is 0 Å². The van der Waals surface area contributed by atoms with E-state index < -0.39 is 5.97 Å². The van der Waals surface area contributed by atoms with Crippen molar-refractivity contribution in [2.75, 3.05) is 20.3 Å². The van der Waals surface area contributed by atoms with E-state index in [0.717, 1.165) is 11.3 Å². The van der Waals surface area contributed by atoms with E-state index in [9.17, 15) is 4.79 Å². The van der Waals surface area contributed by atoms with Crippen molar-refractivity contribution in [2.24, 2.45) is 0 Å². The molecule has 1 saturated heterocycles. The van der Waals surface area contributed by atoms with Gasteiger partial charge in [-0.15, -0.1) is 0 Å². The van der Waals surface area contributed by atoms with Crippen LogP contribution in [0.25, 0.3) is 0 Å². The van der Waals surface area contributed by atoms with Crippen molar-refractivity contribution in [3.63, 3.8) is 0 Å². The van der Waals surface area contributed by atoms with Crippen LogP contribution in [0.3, 0.4) is 0 Å². The van der Waals surface area contributed by atoms with Crippen molar-refractivity contribution in [1.82, 2.24) is 4.90 Å². The van der Waals surface area contributed by atoms with E-state index in [4.69, 9.17) is 26.2 Å². The van der Waals surface area contributed by atoms with Gasteiger partial charge in [-0.2, -0.15) is 0 Å². The maximum absolute atomic E-state index is 10.9. The third kappa shape index (κ3) is 4.12. The van der Waals surface area contributed by atoms with Gasteiger partial charge in [-0.3, -0.25) is 9.69 Å². The number of aliphatic carboxylic acids is 1. The highest BCUT2D eigenvalue weighted by Crippen LogP contribution is 2.29. The minimum absolute atomic E-state index is 0.0168. The first kappa shape index (κ1) is 17.1. The Morgan fingerprint density at radius 2 is 2.27 bits per heavy atom. The van der Waals surface area contributed by atoms with Gasteiger partial charge in [-0.1, -0.05) is 17.7 Å². The molecule has 0 amide bonds. The van der Waals surface area contributed by atoms with Crippen molar-refractivity contribution < 1.29 is 19.4 Å². The molecule has 1 heterocycles. The number of benzene rings is 1. The molecule has 0 aromatic heterocycles. The minimum atomic E-state index is -0.841. The van der Waals surface area contributed by atoms with Gasteiger partial charge in [0.25, 0.3) is 0 Å². The Balaban J connectivity index is 2.12. The van der Waals surface area contributed by atoms with Crippen LogP contribution in [-0.4, -0.2) is 47.9 Å². The lowest BCUT2D eigenvalue weighted by Gasteiger charge is -2.45. The lowest BCUT2D eigenvalue weighted by atomic mass is 9.98. The zero-order valence-electron chi connectivity index (χ0n) is 13.1. The second kappa shape index (κ2) is 6.86. The highest BCUT2D eigenvalue weighted by molar-refractivity contribution is 6.31. The van der Waals surface area contributed by atoms with Gasteiger partial charge in [0.2, 0.25) is 0 Å². The average molecular weight is 328 g/mol. The normalized spacial score (nSPS) is 21.5. The number of hydrogen-bond donors (Lipinski definition) is 1. The maximum Gasteiger partial charge on any atom is 0.306 e. The Kier molecular flexibility index (Phi) is 5.32. The summed E-state index contributed by atoms with van der Waals surface area (Å²) in [6, 6.07) is 5.61. The molecule has 6 heteroatoms. The van der Waals surface area contributed by atoms with Crippen molar-refractivity contribution in [3.8, 4) is 5.75 Å². The topological polar surface area (TPSA) is 59.0 Å². The lowest BCUT2D eigenvalue weighted by molar-refractivity contribution is -0.147. The molecule has 1 fully saturated rings.